The molecule has 5 heterocycles. The number of urea groups is 1. The summed E-state index contributed by atoms with van der Waals surface area (Å²) in [6.07, 6.45) is 5.27. The number of phenols is 2. The molecule has 1 aromatic heterocycles. The van der Waals surface area contributed by atoms with Gasteiger partial charge in [-0.2, -0.15) is 15.2 Å². The summed E-state index contributed by atoms with van der Waals surface area (Å²) in [4.78, 5) is 61.0. The first-order valence-electron chi connectivity index (χ1n) is 25.5. The number of carbonyl (C=O) groups is 3. The van der Waals surface area contributed by atoms with Crippen LogP contribution in [-0.4, -0.2) is 124 Å². The summed E-state index contributed by atoms with van der Waals surface area (Å²) in [5, 5.41) is 42.2. The molecule has 9 rings (SSSR count). The number of benzene rings is 4. The maximum absolute atomic E-state index is 13.9. The van der Waals surface area contributed by atoms with Gasteiger partial charge < -0.3 is 40.3 Å². The van der Waals surface area contributed by atoms with Gasteiger partial charge in [-0.15, -0.1) is 0 Å². The highest BCUT2D eigenvalue weighted by Gasteiger charge is 2.35. The van der Waals surface area contributed by atoms with Gasteiger partial charge in [0.2, 0.25) is 11.8 Å². The Morgan fingerprint density at radius 1 is 0.946 bits per heavy atom. The SMILES string of the molecule is C=CC(=O)N1CCN(c2nc(OCC3CCN(C(=O)C4CCN(Cc5ccc(N(C(=N)c6cc(C(C)C)c(O)cc6O)C(N)=O)cc5)CC4)CC3)nc3c2CCN(c2cccc4cccc(Cl)c24)C3)C[C@@H]1CC#N. The van der Waals surface area contributed by atoms with Crippen LogP contribution in [0.15, 0.2) is 85.5 Å². The Labute approximate surface area is 436 Å². The van der Waals surface area contributed by atoms with E-state index >= 15 is 0 Å². The number of amides is 4. The van der Waals surface area contributed by atoms with Crippen molar-refractivity contribution in [1.82, 2.24) is 24.7 Å². The van der Waals surface area contributed by atoms with Crippen LogP contribution in [0.1, 0.15) is 79.8 Å². The second-order valence-corrected chi connectivity index (χ2v) is 20.5. The Morgan fingerprint density at radius 3 is 2.36 bits per heavy atom. The maximum Gasteiger partial charge on any atom is 0.325 e. The van der Waals surface area contributed by atoms with Crippen LogP contribution in [0.3, 0.4) is 0 Å². The fraction of sp³-hybridized carbons (Fsp3) is 0.411. The number of ether oxygens (including phenoxy) is 1. The Bertz CT molecular complexity index is 2980. The van der Waals surface area contributed by atoms with Crippen molar-refractivity contribution in [3.05, 3.63) is 118 Å². The molecule has 18 heteroatoms. The normalized spacial score (nSPS) is 17.7. The van der Waals surface area contributed by atoms with Crippen LogP contribution in [0.2, 0.25) is 5.02 Å². The molecule has 0 saturated carbocycles. The van der Waals surface area contributed by atoms with Crippen LogP contribution < -0.4 is 25.2 Å². The Hall–Kier alpha value is -7.42. The lowest BCUT2D eigenvalue weighted by atomic mass is 9.92. The fourth-order valence-electron chi connectivity index (χ4n) is 11.0. The van der Waals surface area contributed by atoms with Gasteiger partial charge in [-0.3, -0.25) is 19.9 Å². The van der Waals surface area contributed by atoms with Crippen molar-refractivity contribution in [1.29, 1.82) is 10.7 Å². The Kier molecular flexibility index (Phi) is 15.6. The van der Waals surface area contributed by atoms with E-state index in [4.69, 9.17) is 37.4 Å². The van der Waals surface area contributed by atoms with Crippen molar-refractivity contribution in [2.75, 3.05) is 73.7 Å². The summed E-state index contributed by atoms with van der Waals surface area (Å²) < 4.78 is 6.50. The van der Waals surface area contributed by atoms with Gasteiger partial charge in [-0.25, -0.2) is 9.69 Å². The summed E-state index contributed by atoms with van der Waals surface area (Å²) in [6.45, 7) is 14.0. The number of anilines is 3. The van der Waals surface area contributed by atoms with Gasteiger partial charge in [0.05, 0.1) is 53.7 Å². The molecule has 0 radical (unpaired) electrons. The molecule has 0 unspecified atom stereocenters. The highest BCUT2D eigenvalue weighted by Crippen LogP contribution is 2.39. The minimum absolute atomic E-state index is 0.0552. The molecule has 4 amide bonds. The molecule has 74 heavy (non-hydrogen) atoms. The third-order valence-electron chi connectivity index (χ3n) is 15.1. The van der Waals surface area contributed by atoms with Crippen molar-refractivity contribution >= 4 is 63.2 Å². The van der Waals surface area contributed by atoms with E-state index in [1.807, 2.05) is 49.1 Å². The molecule has 3 fully saturated rings. The van der Waals surface area contributed by atoms with Crippen LogP contribution in [0, 0.1) is 28.6 Å². The molecule has 386 valence electrons. The molecule has 5 N–H and O–H groups in total. The summed E-state index contributed by atoms with van der Waals surface area (Å²) >= 11 is 6.79. The molecule has 5 aromatic rings. The minimum Gasteiger partial charge on any atom is -0.508 e. The molecule has 4 aliphatic rings. The number of amidine groups is 1. The van der Waals surface area contributed by atoms with Gasteiger partial charge in [0, 0.05) is 74.4 Å². The fourth-order valence-corrected chi connectivity index (χ4v) is 11.3. The van der Waals surface area contributed by atoms with E-state index in [9.17, 15) is 29.9 Å². The number of hydrogen-bond acceptors (Lipinski definition) is 13. The first-order chi connectivity index (χ1) is 35.7. The monoisotopic (exact) mass is 1020 g/mol. The average Bonchev–Trinajstić information content (AvgIpc) is 3.40. The van der Waals surface area contributed by atoms with Crippen molar-refractivity contribution in [3.63, 3.8) is 0 Å². The molecule has 17 nitrogen and oxygen atoms in total. The third-order valence-corrected chi connectivity index (χ3v) is 15.5. The highest BCUT2D eigenvalue weighted by atomic mass is 35.5. The second kappa shape index (κ2) is 22.4. The number of aromatic nitrogens is 2. The zero-order chi connectivity index (χ0) is 52.2. The third kappa shape index (κ3) is 10.9. The molecule has 0 aliphatic carbocycles. The van der Waals surface area contributed by atoms with Crippen LogP contribution >= 0.6 is 11.6 Å². The van der Waals surface area contributed by atoms with Gasteiger partial charge in [0.15, 0.2) is 0 Å². The van der Waals surface area contributed by atoms with Crippen LogP contribution in [-0.2, 0) is 29.1 Å². The van der Waals surface area contributed by atoms with Gasteiger partial charge in [-0.1, -0.05) is 68.4 Å². The molecular formula is C56H64ClN11O6. The first-order valence-corrected chi connectivity index (χ1v) is 25.9. The summed E-state index contributed by atoms with van der Waals surface area (Å²) in [5.41, 5.74) is 10.7. The number of phenolic OH excluding ortho intramolecular Hbond substituents is 2. The van der Waals surface area contributed by atoms with Gasteiger partial charge in [0.1, 0.15) is 23.2 Å². The van der Waals surface area contributed by atoms with E-state index in [1.165, 1.54) is 18.2 Å². The van der Waals surface area contributed by atoms with Gasteiger partial charge in [0.25, 0.3) is 0 Å². The minimum atomic E-state index is -0.879. The number of nitrogens with one attached hydrogen (secondary N) is 1. The molecule has 0 bridgehead atoms. The number of carbonyl (C=O) groups excluding carboxylic acids is 3. The Balaban J connectivity index is 0.802. The standard InChI is InChI=1S/C56H64ClN11O6/c1-4-50(71)67-28-27-66(32-41(67)15-21-58)53-42-20-26-65(47-10-6-8-38-7-5-9-45(57)51(38)47)33-46(42)61-56(62-53)74-34-37-16-24-64(25-17-37)54(72)39-18-22-63(23-19-39)31-36-11-13-40(14-12-36)68(55(60)73)52(59)44-29-43(35(2)3)48(69)30-49(44)70/h4-14,29-30,35,37,39,41,59,69-70H,1,15-20,22-28,31-34H2,2-3H3,(H2,60,73)/t41-/m0/s1. The largest absolute Gasteiger partial charge is 0.508 e. The lowest BCUT2D eigenvalue weighted by molar-refractivity contribution is -0.138. The van der Waals surface area contributed by atoms with E-state index in [2.05, 4.69) is 45.5 Å². The second-order valence-electron chi connectivity index (χ2n) is 20.1. The average molecular weight is 1020 g/mol. The number of piperidine rings is 2. The number of likely N-dealkylation sites (tertiary alicyclic amines) is 2. The summed E-state index contributed by atoms with van der Waals surface area (Å²) in [6, 6.07) is 23.4. The van der Waals surface area contributed by atoms with Crippen LogP contribution in [0.5, 0.6) is 17.5 Å². The molecule has 1 atom stereocenters. The van der Waals surface area contributed by atoms with E-state index < -0.39 is 6.03 Å². The lowest BCUT2D eigenvalue weighted by Crippen LogP contribution is -2.55. The van der Waals surface area contributed by atoms with E-state index in [0.29, 0.717) is 81.1 Å². The van der Waals surface area contributed by atoms with E-state index in [1.54, 1.807) is 17.0 Å². The predicted octanol–water partition coefficient (Wildman–Crippen LogP) is 7.94. The van der Waals surface area contributed by atoms with Crippen molar-refractivity contribution in [2.24, 2.45) is 17.6 Å². The molecular weight excluding hydrogens is 958 g/mol. The van der Waals surface area contributed by atoms with E-state index in [0.717, 1.165) is 89.3 Å². The number of aromatic hydroxyl groups is 2. The zero-order valence-corrected chi connectivity index (χ0v) is 42.8. The smallest absolute Gasteiger partial charge is 0.325 e. The maximum atomic E-state index is 13.9. The Morgan fingerprint density at radius 2 is 1.68 bits per heavy atom. The van der Waals surface area contributed by atoms with Crippen molar-refractivity contribution in [2.45, 2.75) is 77.4 Å². The lowest BCUT2D eigenvalue weighted by Gasteiger charge is -2.42. The van der Waals surface area contributed by atoms with Gasteiger partial charge in [-0.05, 0) is 110 Å². The number of piperazine rings is 1. The quantitative estimate of drug-likeness (QED) is 0.0502. The molecule has 0 spiro atoms. The van der Waals surface area contributed by atoms with E-state index in [-0.39, 0.29) is 64.9 Å². The zero-order valence-electron chi connectivity index (χ0n) is 42.1. The summed E-state index contributed by atoms with van der Waals surface area (Å²) in [7, 11) is 0. The number of nitriles is 1. The predicted molar refractivity (Wildman–Crippen MR) is 286 cm³/mol. The molecule has 4 aliphatic heterocycles. The number of halogens is 1. The first kappa shape index (κ1) is 51.5. The molecule has 4 aromatic carbocycles. The van der Waals surface area contributed by atoms with Crippen LogP contribution in [0.25, 0.3) is 10.8 Å². The number of hydrogen-bond donors (Lipinski definition) is 4. The van der Waals surface area contributed by atoms with Crippen LogP contribution in [0.4, 0.5) is 22.0 Å². The molecule has 3 saturated heterocycles. The number of nitrogens with two attached hydrogens (primary N) is 1. The number of primary amides is 1. The number of rotatable bonds is 13. The number of fused-ring (bicyclic) bond motifs is 2. The summed E-state index contributed by atoms with van der Waals surface area (Å²) in [5.74, 6) is 0.126. The topological polar surface area (TPSA) is 220 Å². The van der Waals surface area contributed by atoms with Crippen molar-refractivity contribution in [3.8, 4) is 23.6 Å². The highest BCUT2D eigenvalue weighted by molar-refractivity contribution is 6.36. The number of nitrogens with zero attached hydrogens (tertiary/aromatic N) is 9. The van der Waals surface area contributed by atoms with Crippen molar-refractivity contribution < 1.29 is 29.3 Å². The van der Waals surface area contributed by atoms with Gasteiger partial charge >= 0.3 is 12.0 Å².